The van der Waals surface area contributed by atoms with Crippen molar-refractivity contribution in [3.8, 4) is 5.75 Å². The number of nitrogen functional groups attached to an aromatic ring is 1. The minimum absolute atomic E-state index is 0.0810. The molecule has 104 valence electrons. The van der Waals surface area contributed by atoms with Gasteiger partial charge < -0.3 is 10.5 Å². The smallest absolute Gasteiger partial charge is 0.194 e. The number of ketones is 1. The Bertz CT molecular complexity index is 624. The highest BCUT2D eigenvalue weighted by atomic mass is 16.5. The Hall–Kier alpha value is -2.36. The Balaban J connectivity index is 2.26. The highest BCUT2D eigenvalue weighted by Crippen LogP contribution is 2.18. The number of carbonyl (C=O) groups is 1. The van der Waals surface area contributed by atoms with Gasteiger partial charge in [-0.15, -0.1) is 0 Å². The van der Waals surface area contributed by atoms with E-state index in [0.717, 1.165) is 12.0 Å². The van der Waals surface area contributed by atoms with E-state index in [1.54, 1.807) is 36.7 Å². The van der Waals surface area contributed by atoms with Crippen LogP contribution in [0.25, 0.3) is 0 Å². The molecule has 0 aliphatic rings. The third kappa shape index (κ3) is 3.15. The SMILES string of the molecule is CCCOc1cncc(C(=O)c2ccc(N)c(C)c2)c1. The van der Waals surface area contributed by atoms with Gasteiger partial charge in [0, 0.05) is 23.0 Å². The highest BCUT2D eigenvalue weighted by Gasteiger charge is 2.11. The molecule has 2 rings (SSSR count). The molecule has 2 aromatic rings. The molecule has 0 saturated carbocycles. The molecule has 0 fully saturated rings. The zero-order valence-corrected chi connectivity index (χ0v) is 11.7. The lowest BCUT2D eigenvalue weighted by Gasteiger charge is -2.07. The van der Waals surface area contributed by atoms with Crippen LogP contribution >= 0.6 is 0 Å². The summed E-state index contributed by atoms with van der Waals surface area (Å²) in [7, 11) is 0. The summed E-state index contributed by atoms with van der Waals surface area (Å²) in [6.45, 7) is 4.52. The van der Waals surface area contributed by atoms with E-state index in [1.807, 2.05) is 13.8 Å². The first-order valence-electron chi connectivity index (χ1n) is 6.60. The fourth-order valence-corrected chi connectivity index (χ4v) is 1.83. The van der Waals surface area contributed by atoms with Gasteiger partial charge in [-0.05, 0) is 43.2 Å². The molecule has 0 unspecified atom stereocenters. The molecule has 0 atom stereocenters. The minimum atomic E-state index is -0.0810. The molecule has 2 N–H and O–H groups in total. The third-order valence-corrected chi connectivity index (χ3v) is 2.98. The van der Waals surface area contributed by atoms with Crippen molar-refractivity contribution in [1.82, 2.24) is 4.98 Å². The van der Waals surface area contributed by atoms with Crippen LogP contribution in [-0.2, 0) is 0 Å². The van der Waals surface area contributed by atoms with E-state index in [0.29, 0.717) is 29.2 Å². The van der Waals surface area contributed by atoms with Crippen molar-refractivity contribution in [3.05, 3.63) is 53.3 Å². The molecule has 0 spiro atoms. The quantitative estimate of drug-likeness (QED) is 0.670. The first kappa shape index (κ1) is 14.1. The molecule has 1 aromatic carbocycles. The number of ether oxygens (including phenoxy) is 1. The van der Waals surface area contributed by atoms with E-state index in [2.05, 4.69) is 4.98 Å². The molecular weight excluding hydrogens is 252 g/mol. The van der Waals surface area contributed by atoms with Gasteiger partial charge in [0.15, 0.2) is 5.78 Å². The zero-order chi connectivity index (χ0) is 14.5. The lowest BCUT2D eigenvalue weighted by molar-refractivity contribution is 0.103. The van der Waals surface area contributed by atoms with Crippen molar-refractivity contribution in [1.29, 1.82) is 0 Å². The number of hydrogen-bond donors (Lipinski definition) is 1. The molecule has 4 heteroatoms. The van der Waals surface area contributed by atoms with Crippen LogP contribution < -0.4 is 10.5 Å². The molecule has 0 radical (unpaired) electrons. The number of benzene rings is 1. The molecule has 0 amide bonds. The van der Waals surface area contributed by atoms with E-state index in [-0.39, 0.29) is 5.78 Å². The summed E-state index contributed by atoms with van der Waals surface area (Å²) in [6, 6.07) is 6.98. The Morgan fingerprint density at radius 1 is 1.25 bits per heavy atom. The van der Waals surface area contributed by atoms with Crippen molar-refractivity contribution < 1.29 is 9.53 Å². The van der Waals surface area contributed by atoms with Crippen LogP contribution in [0.2, 0.25) is 0 Å². The number of carbonyl (C=O) groups excluding carboxylic acids is 1. The van der Waals surface area contributed by atoms with Gasteiger partial charge in [0.25, 0.3) is 0 Å². The van der Waals surface area contributed by atoms with Crippen molar-refractivity contribution >= 4 is 11.5 Å². The average Bonchev–Trinajstić information content (AvgIpc) is 2.47. The number of pyridine rings is 1. The van der Waals surface area contributed by atoms with E-state index < -0.39 is 0 Å². The molecular formula is C16H18N2O2. The van der Waals surface area contributed by atoms with Crippen LogP contribution in [0, 0.1) is 6.92 Å². The van der Waals surface area contributed by atoms with Crippen LogP contribution in [0.5, 0.6) is 5.75 Å². The maximum absolute atomic E-state index is 12.4. The topological polar surface area (TPSA) is 65.2 Å². The molecule has 0 bridgehead atoms. The van der Waals surface area contributed by atoms with Crippen LogP contribution in [-0.4, -0.2) is 17.4 Å². The number of rotatable bonds is 5. The lowest BCUT2D eigenvalue weighted by atomic mass is 10.0. The second kappa shape index (κ2) is 6.19. The Morgan fingerprint density at radius 3 is 2.75 bits per heavy atom. The summed E-state index contributed by atoms with van der Waals surface area (Å²) in [5.41, 5.74) is 8.45. The molecule has 4 nitrogen and oxygen atoms in total. The van der Waals surface area contributed by atoms with Gasteiger partial charge in [0.1, 0.15) is 5.75 Å². The molecule has 0 aliphatic heterocycles. The van der Waals surface area contributed by atoms with Gasteiger partial charge in [-0.3, -0.25) is 9.78 Å². The summed E-state index contributed by atoms with van der Waals surface area (Å²) >= 11 is 0. The number of nitrogens with zero attached hydrogens (tertiary/aromatic N) is 1. The van der Waals surface area contributed by atoms with Gasteiger partial charge in [-0.1, -0.05) is 6.92 Å². The minimum Gasteiger partial charge on any atom is -0.492 e. The fraction of sp³-hybridized carbons (Fsp3) is 0.250. The van der Waals surface area contributed by atoms with Crippen LogP contribution in [0.4, 0.5) is 5.69 Å². The van der Waals surface area contributed by atoms with E-state index >= 15 is 0 Å². The molecule has 20 heavy (non-hydrogen) atoms. The maximum Gasteiger partial charge on any atom is 0.194 e. The zero-order valence-electron chi connectivity index (χ0n) is 11.7. The molecule has 0 aliphatic carbocycles. The second-order valence-electron chi connectivity index (χ2n) is 4.66. The largest absolute Gasteiger partial charge is 0.492 e. The molecule has 1 heterocycles. The number of nitrogens with two attached hydrogens (primary N) is 1. The number of aromatic nitrogens is 1. The molecule has 0 saturated heterocycles. The summed E-state index contributed by atoms with van der Waals surface area (Å²) in [4.78, 5) is 16.5. The molecule has 1 aromatic heterocycles. The van der Waals surface area contributed by atoms with Crippen LogP contribution in [0.15, 0.2) is 36.7 Å². The van der Waals surface area contributed by atoms with Gasteiger partial charge >= 0.3 is 0 Å². The van der Waals surface area contributed by atoms with Gasteiger partial charge in [-0.2, -0.15) is 0 Å². The second-order valence-corrected chi connectivity index (χ2v) is 4.66. The fourth-order valence-electron chi connectivity index (χ4n) is 1.83. The van der Waals surface area contributed by atoms with Crippen LogP contribution in [0.3, 0.4) is 0 Å². The lowest BCUT2D eigenvalue weighted by Crippen LogP contribution is -2.04. The monoisotopic (exact) mass is 270 g/mol. The Labute approximate surface area is 118 Å². The number of aryl methyl sites for hydroxylation is 1. The van der Waals surface area contributed by atoms with E-state index in [1.165, 1.54) is 0 Å². The Morgan fingerprint density at radius 2 is 2.05 bits per heavy atom. The van der Waals surface area contributed by atoms with E-state index in [4.69, 9.17) is 10.5 Å². The van der Waals surface area contributed by atoms with Crippen LogP contribution in [0.1, 0.15) is 34.8 Å². The number of anilines is 1. The first-order chi connectivity index (χ1) is 9.61. The normalized spacial score (nSPS) is 10.3. The average molecular weight is 270 g/mol. The third-order valence-electron chi connectivity index (χ3n) is 2.98. The van der Waals surface area contributed by atoms with Crippen molar-refractivity contribution in [3.63, 3.8) is 0 Å². The van der Waals surface area contributed by atoms with Gasteiger partial charge in [-0.25, -0.2) is 0 Å². The van der Waals surface area contributed by atoms with Crippen molar-refractivity contribution in [2.24, 2.45) is 0 Å². The summed E-state index contributed by atoms with van der Waals surface area (Å²) in [5.74, 6) is 0.535. The van der Waals surface area contributed by atoms with Gasteiger partial charge in [0.2, 0.25) is 0 Å². The summed E-state index contributed by atoms with van der Waals surface area (Å²) in [5, 5.41) is 0. The Kier molecular flexibility index (Phi) is 4.35. The summed E-state index contributed by atoms with van der Waals surface area (Å²) in [6.07, 6.45) is 4.07. The van der Waals surface area contributed by atoms with Gasteiger partial charge in [0.05, 0.1) is 12.8 Å². The summed E-state index contributed by atoms with van der Waals surface area (Å²) < 4.78 is 5.49. The predicted octanol–water partition coefficient (Wildman–Crippen LogP) is 2.99. The predicted molar refractivity (Wildman–Crippen MR) is 79.0 cm³/mol. The maximum atomic E-state index is 12.4. The van der Waals surface area contributed by atoms with E-state index in [9.17, 15) is 4.79 Å². The number of hydrogen-bond acceptors (Lipinski definition) is 4. The first-order valence-corrected chi connectivity index (χ1v) is 6.60. The van der Waals surface area contributed by atoms with Crippen molar-refractivity contribution in [2.75, 3.05) is 12.3 Å². The highest BCUT2D eigenvalue weighted by molar-refractivity contribution is 6.09. The standard InChI is InChI=1S/C16H18N2O2/c1-3-6-20-14-8-13(9-18-10-14)16(19)12-4-5-15(17)11(2)7-12/h4-5,7-10H,3,6,17H2,1-2H3. The van der Waals surface area contributed by atoms with Crippen molar-refractivity contribution in [2.45, 2.75) is 20.3 Å².